The molecule has 2 rings (SSSR count). The zero-order valence-corrected chi connectivity index (χ0v) is 12.8. The van der Waals surface area contributed by atoms with Gasteiger partial charge in [0.1, 0.15) is 11.4 Å². The van der Waals surface area contributed by atoms with Gasteiger partial charge in [0, 0.05) is 6.20 Å². The van der Waals surface area contributed by atoms with Crippen LogP contribution in [0.1, 0.15) is 32.3 Å². The molecule has 0 N–H and O–H groups in total. The molecule has 0 radical (unpaired) electrons. The van der Waals surface area contributed by atoms with Crippen LogP contribution in [0.5, 0.6) is 0 Å². The van der Waals surface area contributed by atoms with E-state index in [0.717, 1.165) is 0 Å². The van der Waals surface area contributed by atoms with Crippen molar-refractivity contribution in [3.63, 3.8) is 0 Å². The van der Waals surface area contributed by atoms with E-state index < -0.39 is 11.7 Å². The first-order valence-corrected chi connectivity index (χ1v) is 6.40. The van der Waals surface area contributed by atoms with Crippen molar-refractivity contribution in [3.05, 3.63) is 60.2 Å². The Balaban J connectivity index is 0.00000220. The first kappa shape index (κ1) is 17.5. The van der Waals surface area contributed by atoms with Gasteiger partial charge in [0.25, 0.3) is 0 Å². The fraction of sp³-hybridized carbons (Fsp3) is 0.312. The fourth-order valence-corrected chi connectivity index (χ4v) is 1.79. The maximum Gasteiger partial charge on any atom is 1.00 e. The van der Waals surface area contributed by atoms with E-state index >= 15 is 0 Å². The Morgan fingerprint density at radius 1 is 1.33 bits per heavy atom. The minimum atomic E-state index is -0.554. The van der Waals surface area contributed by atoms with Crippen LogP contribution >= 0.6 is 0 Å². The normalized spacial score (nSPS) is 17.3. The Kier molecular flexibility index (Phi) is 5.83. The number of hydrogen-bond donors (Lipinski definition) is 0. The number of nitrogens with zero attached hydrogens (tertiary/aromatic N) is 1. The van der Waals surface area contributed by atoms with Crippen molar-refractivity contribution in [2.45, 2.75) is 32.3 Å². The Labute approximate surface area is 136 Å². The Hall–Kier alpha value is -1.50. The van der Waals surface area contributed by atoms with Crippen LogP contribution in [0, 0.1) is 11.9 Å². The zero-order chi connectivity index (χ0) is 14.8. The largest absolute Gasteiger partial charge is 1.00 e. The van der Waals surface area contributed by atoms with Gasteiger partial charge in [-0.1, -0.05) is 24.3 Å². The van der Waals surface area contributed by atoms with Gasteiger partial charge in [-0.25, -0.2) is 9.18 Å². The summed E-state index contributed by atoms with van der Waals surface area (Å²) in [6.45, 7) is 5.40. The van der Waals surface area contributed by atoms with E-state index in [9.17, 15) is 9.18 Å². The quantitative estimate of drug-likeness (QED) is 0.567. The third kappa shape index (κ3) is 4.77. The van der Waals surface area contributed by atoms with Gasteiger partial charge in [0.2, 0.25) is 0 Å². The fourth-order valence-electron chi connectivity index (χ4n) is 1.79. The van der Waals surface area contributed by atoms with Crippen LogP contribution in [0.4, 0.5) is 9.18 Å². The second kappa shape index (κ2) is 6.97. The molecule has 1 aliphatic rings. The number of allylic oxidation sites excluding steroid dienone is 2. The van der Waals surface area contributed by atoms with E-state index in [1.807, 2.05) is 0 Å². The van der Waals surface area contributed by atoms with E-state index in [1.54, 1.807) is 51.2 Å². The Bertz CT molecular complexity index is 550. The summed E-state index contributed by atoms with van der Waals surface area (Å²) < 4.78 is 18.9. The number of hydrogen-bond acceptors (Lipinski definition) is 2. The van der Waals surface area contributed by atoms with Gasteiger partial charge >= 0.3 is 25.0 Å². The van der Waals surface area contributed by atoms with Gasteiger partial charge in [-0.05, 0) is 32.4 Å². The van der Waals surface area contributed by atoms with Crippen molar-refractivity contribution in [3.8, 4) is 0 Å². The number of rotatable bonds is 1. The summed E-state index contributed by atoms with van der Waals surface area (Å²) >= 11 is 0. The molecule has 3 nitrogen and oxygen atoms in total. The van der Waals surface area contributed by atoms with Crippen LogP contribution in [0.25, 0.3) is 0 Å². The number of carbonyl (C=O) groups excluding carboxylic acids is 1. The molecule has 1 aliphatic heterocycles. The minimum absolute atomic E-state index is 0. The Morgan fingerprint density at radius 2 is 2.00 bits per heavy atom. The second-order valence-electron chi connectivity index (χ2n) is 5.52. The summed E-state index contributed by atoms with van der Waals surface area (Å²) in [4.78, 5) is 13.1. The molecular formula is C16H17FLiNO2. The SMILES string of the molecule is CC(C)(C)OC(=O)N1C=[C-]C(c2ccccc2F)C=C1.[Li+]. The van der Waals surface area contributed by atoms with Gasteiger partial charge in [-0.15, -0.1) is 5.92 Å². The van der Waals surface area contributed by atoms with Crippen LogP contribution < -0.4 is 18.9 Å². The van der Waals surface area contributed by atoms with Crippen LogP contribution in [0.2, 0.25) is 0 Å². The van der Waals surface area contributed by atoms with Crippen LogP contribution in [0.3, 0.4) is 0 Å². The first-order valence-electron chi connectivity index (χ1n) is 6.40. The predicted octanol–water partition coefficient (Wildman–Crippen LogP) is 0.995. The third-order valence-corrected chi connectivity index (χ3v) is 2.68. The van der Waals surface area contributed by atoms with Crippen LogP contribution in [-0.4, -0.2) is 16.6 Å². The van der Waals surface area contributed by atoms with Crippen molar-refractivity contribution in [2.24, 2.45) is 0 Å². The zero-order valence-electron chi connectivity index (χ0n) is 12.8. The molecule has 1 atom stereocenters. The monoisotopic (exact) mass is 281 g/mol. The molecule has 0 bridgehead atoms. The number of halogens is 1. The molecule has 1 aromatic rings. The van der Waals surface area contributed by atoms with Crippen molar-refractivity contribution in [1.82, 2.24) is 4.90 Å². The smallest absolute Gasteiger partial charge is 0.467 e. The number of benzene rings is 1. The molecule has 5 heteroatoms. The maximum absolute atomic E-state index is 13.7. The molecule has 0 saturated carbocycles. The molecular weight excluding hydrogens is 264 g/mol. The van der Waals surface area contributed by atoms with Crippen LogP contribution in [0.15, 0.2) is 42.7 Å². The van der Waals surface area contributed by atoms with Gasteiger partial charge < -0.3 is 10.8 Å². The predicted molar refractivity (Wildman–Crippen MR) is 74.2 cm³/mol. The first-order chi connectivity index (χ1) is 9.37. The molecule has 1 unspecified atom stereocenters. The summed E-state index contributed by atoms with van der Waals surface area (Å²) in [5, 5.41) is 0. The van der Waals surface area contributed by atoms with E-state index in [0.29, 0.717) is 5.56 Å². The van der Waals surface area contributed by atoms with Crippen molar-refractivity contribution < 1.29 is 32.8 Å². The molecule has 0 aromatic heterocycles. The standard InChI is InChI=1S/C16H17FNO2.Li/c1-16(2,3)20-15(19)18-10-8-12(9-11-18)13-6-4-5-7-14(13)17;/h4-8,10-12H,1-3H3;/q-1;+1. The summed E-state index contributed by atoms with van der Waals surface area (Å²) in [7, 11) is 0. The number of ether oxygens (including phenoxy) is 1. The van der Waals surface area contributed by atoms with Gasteiger partial charge in [0.15, 0.2) is 0 Å². The van der Waals surface area contributed by atoms with Gasteiger partial charge in [-0.2, -0.15) is 6.20 Å². The van der Waals surface area contributed by atoms with E-state index in [-0.39, 0.29) is 30.6 Å². The van der Waals surface area contributed by atoms with E-state index in [2.05, 4.69) is 6.08 Å². The molecule has 1 amide bonds. The summed E-state index contributed by atoms with van der Waals surface area (Å²) in [5.41, 5.74) is -0.0231. The topological polar surface area (TPSA) is 29.5 Å². The molecule has 0 spiro atoms. The summed E-state index contributed by atoms with van der Waals surface area (Å²) in [6, 6.07) is 6.52. The minimum Gasteiger partial charge on any atom is -0.467 e. The van der Waals surface area contributed by atoms with Gasteiger partial charge in [-0.3, -0.25) is 4.90 Å². The molecule has 1 aromatic carbocycles. The van der Waals surface area contributed by atoms with Crippen LogP contribution in [-0.2, 0) is 4.74 Å². The van der Waals surface area contributed by atoms with Crippen molar-refractivity contribution >= 4 is 6.09 Å². The molecule has 0 aliphatic carbocycles. The summed E-state index contributed by atoms with van der Waals surface area (Å²) in [6.07, 6.45) is 7.25. The second-order valence-corrected chi connectivity index (χ2v) is 5.52. The average molecular weight is 281 g/mol. The van der Waals surface area contributed by atoms with Crippen molar-refractivity contribution in [2.75, 3.05) is 0 Å². The van der Waals surface area contributed by atoms with Gasteiger partial charge in [0.05, 0.1) is 0 Å². The molecule has 0 fully saturated rings. The maximum atomic E-state index is 13.7. The number of amides is 1. The molecule has 1 heterocycles. The van der Waals surface area contributed by atoms with Crippen molar-refractivity contribution in [1.29, 1.82) is 0 Å². The number of carbonyl (C=O) groups is 1. The third-order valence-electron chi connectivity index (χ3n) is 2.68. The average Bonchev–Trinajstić information content (AvgIpc) is 2.37. The Morgan fingerprint density at radius 3 is 2.52 bits per heavy atom. The molecule has 21 heavy (non-hydrogen) atoms. The molecule has 0 saturated heterocycles. The summed E-state index contributed by atoms with van der Waals surface area (Å²) in [5.74, 6) is -0.580. The van der Waals surface area contributed by atoms with E-state index in [1.165, 1.54) is 17.2 Å². The molecule has 106 valence electrons. The van der Waals surface area contributed by atoms with E-state index in [4.69, 9.17) is 4.74 Å².